The lowest BCUT2D eigenvalue weighted by Gasteiger charge is -2.36. The highest BCUT2D eigenvalue weighted by Gasteiger charge is 2.23. The Morgan fingerprint density at radius 1 is 1.11 bits per heavy atom. The molecule has 2 heterocycles. The largest absolute Gasteiger partial charge is 0.497 e. The molecule has 0 radical (unpaired) electrons. The van der Waals surface area contributed by atoms with Gasteiger partial charge in [0.05, 0.1) is 17.8 Å². The van der Waals surface area contributed by atoms with Crippen LogP contribution in [-0.4, -0.2) is 61.7 Å². The Hall–Kier alpha value is -2.61. The van der Waals surface area contributed by atoms with E-state index in [1.54, 1.807) is 18.9 Å². The molecular formula is C19H23N3O4S. The molecule has 1 amide bonds. The van der Waals surface area contributed by atoms with E-state index < -0.39 is 5.97 Å². The van der Waals surface area contributed by atoms with Gasteiger partial charge in [0.1, 0.15) is 10.6 Å². The van der Waals surface area contributed by atoms with Crippen molar-refractivity contribution in [2.45, 2.75) is 13.8 Å². The molecule has 27 heavy (non-hydrogen) atoms. The molecule has 1 aromatic carbocycles. The van der Waals surface area contributed by atoms with Gasteiger partial charge >= 0.3 is 5.97 Å². The number of benzene rings is 1. The number of methoxy groups -OCH3 is 1. The third-order valence-corrected chi connectivity index (χ3v) is 5.54. The molecule has 144 valence electrons. The summed E-state index contributed by atoms with van der Waals surface area (Å²) in [6.07, 6.45) is 0. The van der Waals surface area contributed by atoms with E-state index in [2.05, 4.69) is 9.88 Å². The van der Waals surface area contributed by atoms with Crippen molar-refractivity contribution in [3.8, 4) is 5.75 Å². The predicted octanol–water partition coefficient (Wildman–Crippen LogP) is 2.27. The lowest BCUT2D eigenvalue weighted by Crippen LogP contribution is -2.49. The van der Waals surface area contributed by atoms with E-state index in [1.165, 1.54) is 11.3 Å². The van der Waals surface area contributed by atoms with Gasteiger partial charge in [-0.25, -0.2) is 9.78 Å². The number of anilines is 1. The van der Waals surface area contributed by atoms with Crippen LogP contribution >= 0.6 is 11.3 Å². The summed E-state index contributed by atoms with van der Waals surface area (Å²) < 4.78 is 10.4. The Kier molecular flexibility index (Phi) is 5.95. The van der Waals surface area contributed by atoms with Crippen LogP contribution in [0.4, 0.5) is 5.69 Å². The molecule has 0 saturated carbocycles. The molecule has 0 N–H and O–H groups in total. The Bertz CT molecular complexity index is 811. The lowest BCUT2D eigenvalue weighted by atomic mass is 10.2. The maximum atomic E-state index is 12.4. The second-order valence-electron chi connectivity index (χ2n) is 6.29. The highest BCUT2D eigenvalue weighted by Crippen LogP contribution is 2.21. The van der Waals surface area contributed by atoms with Crippen molar-refractivity contribution in [2.75, 3.05) is 44.8 Å². The average molecular weight is 389 g/mol. The molecule has 0 unspecified atom stereocenters. The normalized spacial score (nSPS) is 14.2. The first-order valence-electron chi connectivity index (χ1n) is 8.76. The first kappa shape index (κ1) is 19.2. The molecule has 2 aromatic rings. The summed E-state index contributed by atoms with van der Waals surface area (Å²) in [6, 6.07) is 7.87. The van der Waals surface area contributed by atoms with E-state index >= 15 is 0 Å². The van der Waals surface area contributed by atoms with Gasteiger partial charge in [0.25, 0.3) is 5.91 Å². The zero-order valence-electron chi connectivity index (χ0n) is 15.7. The fourth-order valence-corrected chi connectivity index (χ4v) is 3.83. The molecule has 1 aliphatic heterocycles. The summed E-state index contributed by atoms with van der Waals surface area (Å²) in [4.78, 5) is 33.1. The van der Waals surface area contributed by atoms with Crippen molar-refractivity contribution in [3.05, 3.63) is 39.8 Å². The minimum absolute atomic E-state index is 0.170. The second-order valence-corrected chi connectivity index (χ2v) is 7.49. The number of hydrogen-bond acceptors (Lipinski definition) is 7. The minimum atomic E-state index is -0.483. The monoisotopic (exact) mass is 389 g/mol. The van der Waals surface area contributed by atoms with Gasteiger partial charge in [0.2, 0.25) is 0 Å². The summed E-state index contributed by atoms with van der Waals surface area (Å²) in [7, 11) is 1.64. The number of carbonyl (C=O) groups is 2. The molecular weight excluding hydrogens is 366 g/mol. The van der Waals surface area contributed by atoms with E-state index in [-0.39, 0.29) is 12.5 Å². The number of hydrogen-bond donors (Lipinski definition) is 0. The number of thiazole rings is 1. The quantitative estimate of drug-likeness (QED) is 0.731. The highest BCUT2D eigenvalue weighted by molar-refractivity contribution is 7.13. The fraction of sp³-hybridized carbons (Fsp3) is 0.421. The molecule has 0 atom stereocenters. The number of amides is 1. The van der Waals surface area contributed by atoms with Gasteiger partial charge in [-0.3, -0.25) is 4.79 Å². The smallest absolute Gasteiger partial charge is 0.350 e. The predicted molar refractivity (Wildman–Crippen MR) is 104 cm³/mol. The molecule has 3 rings (SSSR count). The first-order chi connectivity index (χ1) is 13.0. The van der Waals surface area contributed by atoms with Crippen molar-refractivity contribution >= 4 is 28.9 Å². The van der Waals surface area contributed by atoms with Gasteiger partial charge in [0.15, 0.2) is 6.61 Å². The number of aryl methyl sites for hydroxylation is 2. The Labute approximate surface area is 162 Å². The van der Waals surface area contributed by atoms with Crippen molar-refractivity contribution in [3.63, 3.8) is 0 Å². The van der Waals surface area contributed by atoms with E-state index in [0.717, 1.165) is 29.5 Å². The molecule has 1 fully saturated rings. The van der Waals surface area contributed by atoms with Crippen LogP contribution in [0, 0.1) is 13.8 Å². The van der Waals surface area contributed by atoms with Crippen LogP contribution in [0.3, 0.4) is 0 Å². The summed E-state index contributed by atoms with van der Waals surface area (Å²) >= 11 is 1.28. The first-order valence-corrected chi connectivity index (χ1v) is 9.57. The third-order valence-electron chi connectivity index (χ3n) is 4.49. The molecule has 7 nitrogen and oxygen atoms in total. The summed E-state index contributed by atoms with van der Waals surface area (Å²) in [5, 5.41) is 0.806. The Morgan fingerprint density at radius 3 is 2.33 bits per heavy atom. The topological polar surface area (TPSA) is 72.0 Å². The average Bonchev–Trinajstić information content (AvgIpc) is 3.04. The standard InChI is InChI=1S/C19H23N3O4S/c1-13-18(27-14(2)20-13)19(24)26-12-17(23)22-10-8-21(9-11-22)15-4-6-16(25-3)7-5-15/h4-7H,8-12H2,1-3H3. The number of aromatic nitrogens is 1. The number of esters is 1. The van der Waals surface area contributed by atoms with Crippen LogP contribution in [0.5, 0.6) is 5.75 Å². The zero-order valence-corrected chi connectivity index (χ0v) is 16.5. The fourth-order valence-electron chi connectivity index (χ4n) is 3.01. The van der Waals surface area contributed by atoms with Crippen LogP contribution in [-0.2, 0) is 9.53 Å². The zero-order chi connectivity index (χ0) is 19.4. The van der Waals surface area contributed by atoms with Gasteiger partial charge in [-0.2, -0.15) is 0 Å². The second kappa shape index (κ2) is 8.39. The van der Waals surface area contributed by atoms with Crippen molar-refractivity contribution in [2.24, 2.45) is 0 Å². The third kappa shape index (κ3) is 4.57. The number of nitrogens with zero attached hydrogens (tertiary/aromatic N) is 3. The SMILES string of the molecule is COc1ccc(N2CCN(C(=O)COC(=O)c3sc(C)nc3C)CC2)cc1. The van der Waals surface area contributed by atoms with E-state index in [4.69, 9.17) is 9.47 Å². The van der Waals surface area contributed by atoms with Gasteiger partial charge in [-0.15, -0.1) is 11.3 Å². The molecule has 8 heteroatoms. The van der Waals surface area contributed by atoms with E-state index in [9.17, 15) is 9.59 Å². The van der Waals surface area contributed by atoms with Crippen molar-refractivity contribution in [1.29, 1.82) is 0 Å². The van der Waals surface area contributed by atoms with Crippen molar-refractivity contribution < 1.29 is 19.1 Å². The lowest BCUT2D eigenvalue weighted by molar-refractivity contribution is -0.134. The van der Waals surface area contributed by atoms with Gasteiger partial charge in [-0.1, -0.05) is 0 Å². The molecule has 0 spiro atoms. The maximum Gasteiger partial charge on any atom is 0.350 e. The molecule has 1 aliphatic rings. The van der Waals surface area contributed by atoms with Crippen LogP contribution < -0.4 is 9.64 Å². The number of piperazine rings is 1. The van der Waals surface area contributed by atoms with Gasteiger partial charge in [0, 0.05) is 31.9 Å². The molecule has 1 aromatic heterocycles. The van der Waals surface area contributed by atoms with E-state index in [0.29, 0.717) is 23.7 Å². The van der Waals surface area contributed by atoms with Gasteiger partial charge < -0.3 is 19.3 Å². The summed E-state index contributed by atoms with van der Waals surface area (Å²) in [5.74, 6) is 0.167. The number of rotatable bonds is 5. The molecule has 0 bridgehead atoms. The number of carbonyl (C=O) groups excluding carboxylic acids is 2. The molecule has 1 saturated heterocycles. The summed E-state index contributed by atoms with van der Waals surface area (Å²) in [5.41, 5.74) is 1.74. The minimum Gasteiger partial charge on any atom is -0.497 e. The van der Waals surface area contributed by atoms with Crippen LogP contribution in [0.25, 0.3) is 0 Å². The number of ether oxygens (including phenoxy) is 2. The Morgan fingerprint density at radius 2 is 1.78 bits per heavy atom. The molecule has 0 aliphatic carbocycles. The summed E-state index contributed by atoms with van der Waals surface area (Å²) in [6.45, 7) is 6.03. The highest BCUT2D eigenvalue weighted by atomic mass is 32.1. The van der Waals surface area contributed by atoms with Crippen LogP contribution in [0.2, 0.25) is 0 Å². The Balaban J connectivity index is 1.48. The van der Waals surface area contributed by atoms with E-state index in [1.807, 2.05) is 31.2 Å². The van der Waals surface area contributed by atoms with Crippen LogP contribution in [0.1, 0.15) is 20.4 Å². The maximum absolute atomic E-state index is 12.4. The van der Waals surface area contributed by atoms with Gasteiger partial charge in [-0.05, 0) is 38.1 Å². The van der Waals surface area contributed by atoms with Crippen LogP contribution in [0.15, 0.2) is 24.3 Å². The van der Waals surface area contributed by atoms with Crippen molar-refractivity contribution in [1.82, 2.24) is 9.88 Å².